The lowest BCUT2D eigenvalue weighted by molar-refractivity contribution is -0.120. The average Bonchev–Trinajstić information content (AvgIpc) is 2.84. The largest absolute Gasteiger partial charge is 0.355 e. The summed E-state index contributed by atoms with van der Waals surface area (Å²) in [5.74, 6) is 0.517. The van der Waals surface area contributed by atoms with E-state index in [9.17, 15) is 4.79 Å². The number of aromatic nitrogens is 2. The fourth-order valence-corrected chi connectivity index (χ4v) is 2.89. The SMILES string of the molecule is Cc1cn2c(CNCC(=O)NCC(C)C)c(C)nc2s1. The summed E-state index contributed by atoms with van der Waals surface area (Å²) < 4.78 is 2.11. The number of fused-ring (bicyclic) bond motifs is 1. The number of amides is 1. The van der Waals surface area contributed by atoms with Crippen molar-refractivity contribution < 1.29 is 4.79 Å². The Morgan fingerprint density at radius 3 is 2.90 bits per heavy atom. The van der Waals surface area contributed by atoms with Gasteiger partial charge >= 0.3 is 0 Å². The van der Waals surface area contributed by atoms with E-state index in [-0.39, 0.29) is 5.91 Å². The van der Waals surface area contributed by atoms with Gasteiger partial charge in [-0.2, -0.15) is 0 Å². The number of hydrogen-bond acceptors (Lipinski definition) is 4. The number of imidazole rings is 1. The number of thiazole rings is 1. The zero-order valence-electron chi connectivity index (χ0n) is 12.5. The minimum absolute atomic E-state index is 0.0404. The Bertz CT molecular complexity index is 600. The third kappa shape index (κ3) is 3.58. The number of aryl methyl sites for hydroxylation is 2. The number of nitrogens with zero attached hydrogens (tertiary/aromatic N) is 2. The molecule has 0 saturated carbocycles. The van der Waals surface area contributed by atoms with Gasteiger partial charge in [-0.25, -0.2) is 4.98 Å². The van der Waals surface area contributed by atoms with Gasteiger partial charge in [-0.05, 0) is 19.8 Å². The van der Waals surface area contributed by atoms with Gasteiger partial charge in [0, 0.05) is 24.2 Å². The van der Waals surface area contributed by atoms with Crippen LogP contribution in [0.2, 0.25) is 0 Å². The highest BCUT2D eigenvalue weighted by atomic mass is 32.1. The molecule has 0 saturated heterocycles. The van der Waals surface area contributed by atoms with Crippen molar-refractivity contribution >= 4 is 22.2 Å². The van der Waals surface area contributed by atoms with Crippen molar-refractivity contribution in [2.75, 3.05) is 13.1 Å². The van der Waals surface area contributed by atoms with Gasteiger partial charge in [-0.3, -0.25) is 9.20 Å². The van der Waals surface area contributed by atoms with Gasteiger partial charge < -0.3 is 10.6 Å². The van der Waals surface area contributed by atoms with Gasteiger partial charge in [0.05, 0.1) is 17.9 Å². The molecule has 1 amide bonds. The highest BCUT2D eigenvalue weighted by Gasteiger charge is 2.11. The molecule has 0 atom stereocenters. The fraction of sp³-hybridized carbons (Fsp3) is 0.571. The van der Waals surface area contributed by atoms with Crippen molar-refractivity contribution in [2.45, 2.75) is 34.2 Å². The Hall–Kier alpha value is -1.40. The van der Waals surface area contributed by atoms with Crippen LogP contribution in [0.15, 0.2) is 6.20 Å². The molecule has 2 N–H and O–H groups in total. The maximum atomic E-state index is 11.6. The van der Waals surface area contributed by atoms with E-state index in [0.29, 0.717) is 19.0 Å². The van der Waals surface area contributed by atoms with Crippen LogP contribution in [-0.4, -0.2) is 28.4 Å². The highest BCUT2D eigenvalue weighted by molar-refractivity contribution is 7.17. The fourth-order valence-electron chi connectivity index (χ4n) is 2.00. The quantitative estimate of drug-likeness (QED) is 0.855. The van der Waals surface area contributed by atoms with Crippen molar-refractivity contribution in [1.82, 2.24) is 20.0 Å². The monoisotopic (exact) mass is 294 g/mol. The molecule has 0 aliphatic rings. The van der Waals surface area contributed by atoms with Crippen molar-refractivity contribution in [1.29, 1.82) is 0 Å². The number of rotatable bonds is 6. The summed E-state index contributed by atoms with van der Waals surface area (Å²) in [6.07, 6.45) is 2.09. The third-order valence-corrected chi connectivity index (χ3v) is 3.92. The van der Waals surface area contributed by atoms with Gasteiger partial charge in [-0.15, -0.1) is 11.3 Å². The molecular weight excluding hydrogens is 272 g/mol. The van der Waals surface area contributed by atoms with Crippen molar-refractivity contribution in [3.8, 4) is 0 Å². The molecule has 2 rings (SSSR count). The van der Waals surface area contributed by atoms with Crippen molar-refractivity contribution in [2.24, 2.45) is 5.92 Å². The second-order valence-corrected chi connectivity index (χ2v) is 6.65. The van der Waals surface area contributed by atoms with E-state index < -0.39 is 0 Å². The van der Waals surface area contributed by atoms with E-state index in [4.69, 9.17) is 0 Å². The minimum Gasteiger partial charge on any atom is -0.355 e. The molecule has 0 aromatic carbocycles. The Balaban J connectivity index is 1.89. The standard InChI is InChI=1S/C14H22N4OS/c1-9(2)5-16-13(19)7-15-6-12-11(4)17-14-18(12)8-10(3)20-14/h8-9,15H,5-7H2,1-4H3,(H,16,19). The maximum Gasteiger partial charge on any atom is 0.233 e. The predicted molar refractivity (Wildman–Crippen MR) is 82.1 cm³/mol. The first kappa shape index (κ1) is 15.0. The molecule has 0 spiro atoms. The van der Waals surface area contributed by atoms with Crippen LogP contribution >= 0.6 is 11.3 Å². The number of nitrogens with one attached hydrogen (secondary N) is 2. The lowest BCUT2D eigenvalue weighted by Gasteiger charge is -2.08. The van der Waals surface area contributed by atoms with E-state index in [0.717, 1.165) is 22.9 Å². The van der Waals surface area contributed by atoms with E-state index in [2.05, 4.69) is 47.0 Å². The first-order valence-corrected chi connectivity index (χ1v) is 7.70. The topological polar surface area (TPSA) is 58.4 Å². The molecule has 0 bridgehead atoms. The molecule has 2 aromatic heterocycles. The summed E-state index contributed by atoms with van der Waals surface area (Å²) in [7, 11) is 0. The lowest BCUT2D eigenvalue weighted by atomic mass is 10.2. The molecule has 0 fully saturated rings. The molecule has 2 heterocycles. The maximum absolute atomic E-state index is 11.6. The molecule has 20 heavy (non-hydrogen) atoms. The predicted octanol–water partition coefficient (Wildman–Crippen LogP) is 1.87. The van der Waals surface area contributed by atoms with E-state index in [1.165, 1.54) is 4.88 Å². The highest BCUT2D eigenvalue weighted by Crippen LogP contribution is 2.20. The van der Waals surface area contributed by atoms with Crippen LogP contribution in [0.4, 0.5) is 0 Å². The Morgan fingerprint density at radius 1 is 1.45 bits per heavy atom. The molecule has 0 aliphatic heterocycles. The summed E-state index contributed by atoms with van der Waals surface area (Å²) in [6.45, 7) is 9.95. The Kier molecular flexibility index (Phi) is 4.77. The molecule has 0 unspecified atom stereocenters. The summed E-state index contributed by atoms with van der Waals surface area (Å²) in [5.41, 5.74) is 2.15. The summed E-state index contributed by atoms with van der Waals surface area (Å²) in [5, 5.41) is 6.08. The van der Waals surface area contributed by atoms with Gasteiger partial charge in [-0.1, -0.05) is 13.8 Å². The van der Waals surface area contributed by atoms with Gasteiger partial charge in [0.25, 0.3) is 0 Å². The molecular formula is C14H22N4OS. The van der Waals surface area contributed by atoms with E-state index >= 15 is 0 Å². The zero-order valence-corrected chi connectivity index (χ0v) is 13.3. The van der Waals surface area contributed by atoms with Gasteiger partial charge in [0.15, 0.2) is 4.96 Å². The number of carbonyl (C=O) groups is 1. The minimum atomic E-state index is 0.0404. The van der Waals surface area contributed by atoms with Crippen LogP contribution in [-0.2, 0) is 11.3 Å². The summed E-state index contributed by atoms with van der Waals surface area (Å²) >= 11 is 1.68. The van der Waals surface area contributed by atoms with Gasteiger partial charge in [0.1, 0.15) is 0 Å². The van der Waals surface area contributed by atoms with Crippen LogP contribution in [0.25, 0.3) is 4.96 Å². The molecule has 6 heteroatoms. The van der Waals surface area contributed by atoms with Crippen LogP contribution in [0.5, 0.6) is 0 Å². The molecule has 5 nitrogen and oxygen atoms in total. The second-order valence-electron chi connectivity index (χ2n) is 5.44. The van der Waals surface area contributed by atoms with Crippen LogP contribution < -0.4 is 10.6 Å². The smallest absolute Gasteiger partial charge is 0.233 e. The number of hydrogen-bond donors (Lipinski definition) is 2. The normalized spacial score (nSPS) is 11.4. The second kappa shape index (κ2) is 6.37. The summed E-state index contributed by atoms with van der Waals surface area (Å²) in [6, 6.07) is 0. The van der Waals surface area contributed by atoms with Gasteiger partial charge in [0.2, 0.25) is 5.91 Å². The zero-order chi connectivity index (χ0) is 14.7. The van der Waals surface area contributed by atoms with Crippen molar-refractivity contribution in [3.05, 3.63) is 22.5 Å². The molecule has 0 radical (unpaired) electrons. The first-order chi connectivity index (χ1) is 9.47. The van der Waals surface area contributed by atoms with E-state index in [1.54, 1.807) is 11.3 Å². The van der Waals surface area contributed by atoms with Crippen LogP contribution in [0.3, 0.4) is 0 Å². The summed E-state index contributed by atoms with van der Waals surface area (Å²) in [4.78, 5) is 18.4. The molecule has 0 aliphatic carbocycles. The Morgan fingerprint density at radius 2 is 2.20 bits per heavy atom. The van der Waals surface area contributed by atoms with E-state index in [1.807, 2.05) is 6.92 Å². The molecule has 110 valence electrons. The van der Waals surface area contributed by atoms with Crippen molar-refractivity contribution in [3.63, 3.8) is 0 Å². The Labute approximate surface area is 123 Å². The third-order valence-electron chi connectivity index (χ3n) is 3.03. The lowest BCUT2D eigenvalue weighted by Crippen LogP contribution is -2.35. The van der Waals surface area contributed by atoms with Crippen LogP contribution in [0.1, 0.15) is 30.1 Å². The average molecular weight is 294 g/mol. The molecule has 2 aromatic rings. The first-order valence-electron chi connectivity index (χ1n) is 6.88. The number of carbonyl (C=O) groups excluding carboxylic acids is 1. The van der Waals surface area contributed by atoms with Crippen LogP contribution in [0, 0.1) is 19.8 Å².